The molecule has 0 amide bonds. The number of hydrogen-bond donors (Lipinski definition) is 1. The highest BCUT2D eigenvalue weighted by Gasteiger charge is 2.01. The lowest BCUT2D eigenvalue weighted by atomic mass is 10.1. The Balaban J connectivity index is 2.34. The lowest BCUT2D eigenvalue weighted by molar-refractivity contribution is 0.415. The van der Waals surface area contributed by atoms with Crippen LogP contribution in [-0.4, -0.2) is 19.1 Å². The Morgan fingerprint density at radius 1 is 1.18 bits per heavy atom. The average molecular weight is 228 g/mol. The number of rotatable bonds is 4. The zero-order valence-corrected chi connectivity index (χ0v) is 10.1. The summed E-state index contributed by atoms with van der Waals surface area (Å²) in [6.07, 6.45) is 3.74. The maximum absolute atomic E-state index is 5.22. The lowest BCUT2D eigenvalue weighted by Crippen LogP contribution is -2.05. The van der Waals surface area contributed by atoms with Gasteiger partial charge in [0.05, 0.1) is 7.11 Å². The first-order valence-electron chi connectivity index (χ1n) is 5.56. The third-order valence-corrected chi connectivity index (χ3v) is 2.58. The Labute approximate surface area is 101 Å². The van der Waals surface area contributed by atoms with Gasteiger partial charge in [0.2, 0.25) is 0 Å². The van der Waals surface area contributed by atoms with Crippen LogP contribution in [0.3, 0.4) is 0 Å². The standard InChI is InChI=1S/C14H16N2O/c1-15-8-11-6-13(10-16-9-11)12-4-3-5-14(7-12)17-2/h3-7,9-10,15H,8H2,1-2H3. The van der Waals surface area contributed by atoms with Crippen LogP contribution in [0.4, 0.5) is 0 Å². The molecular weight excluding hydrogens is 212 g/mol. The van der Waals surface area contributed by atoms with Gasteiger partial charge in [0.1, 0.15) is 5.75 Å². The van der Waals surface area contributed by atoms with E-state index in [0.717, 1.165) is 23.4 Å². The first-order chi connectivity index (χ1) is 8.33. The van der Waals surface area contributed by atoms with Gasteiger partial charge in [0.15, 0.2) is 0 Å². The molecule has 0 atom stereocenters. The zero-order chi connectivity index (χ0) is 12.1. The molecule has 0 aliphatic heterocycles. The number of hydrogen-bond acceptors (Lipinski definition) is 3. The van der Waals surface area contributed by atoms with Crippen molar-refractivity contribution < 1.29 is 4.74 Å². The van der Waals surface area contributed by atoms with E-state index < -0.39 is 0 Å². The van der Waals surface area contributed by atoms with Gasteiger partial charge in [0, 0.05) is 24.5 Å². The van der Waals surface area contributed by atoms with E-state index in [9.17, 15) is 0 Å². The second-order valence-corrected chi connectivity index (χ2v) is 3.84. The summed E-state index contributed by atoms with van der Waals surface area (Å²) in [5, 5.41) is 3.12. The SMILES string of the molecule is CNCc1cncc(-c2cccc(OC)c2)c1. The molecule has 1 N–H and O–H groups in total. The molecule has 0 saturated carbocycles. The van der Waals surface area contributed by atoms with Crippen molar-refractivity contribution in [2.75, 3.05) is 14.2 Å². The highest BCUT2D eigenvalue weighted by atomic mass is 16.5. The van der Waals surface area contributed by atoms with Crippen molar-refractivity contribution in [3.8, 4) is 16.9 Å². The number of aromatic nitrogens is 1. The van der Waals surface area contributed by atoms with Gasteiger partial charge in [-0.3, -0.25) is 4.98 Å². The summed E-state index contributed by atoms with van der Waals surface area (Å²) in [6, 6.07) is 10.1. The minimum Gasteiger partial charge on any atom is -0.497 e. The number of benzene rings is 1. The number of methoxy groups -OCH3 is 1. The first-order valence-corrected chi connectivity index (χ1v) is 5.56. The van der Waals surface area contributed by atoms with Crippen LogP contribution in [0.25, 0.3) is 11.1 Å². The molecule has 0 aliphatic rings. The Hall–Kier alpha value is -1.87. The molecule has 0 bridgehead atoms. The molecule has 1 aromatic carbocycles. The first kappa shape index (κ1) is 11.6. The summed E-state index contributed by atoms with van der Waals surface area (Å²) in [5.74, 6) is 0.863. The molecule has 0 unspecified atom stereocenters. The third kappa shape index (κ3) is 2.82. The lowest BCUT2D eigenvalue weighted by Gasteiger charge is -2.06. The smallest absolute Gasteiger partial charge is 0.119 e. The maximum Gasteiger partial charge on any atom is 0.119 e. The Bertz CT molecular complexity index is 497. The van der Waals surface area contributed by atoms with Gasteiger partial charge in [-0.15, -0.1) is 0 Å². The summed E-state index contributed by atoms with van der Waals surface area (Å²) in [7, 11) is 3.60. The van der Waals surface area contributed by atoms with E-state index in [2.05, 4.69) is 22.4 Å². The van der Waals surface area contributed by atoms with Crippen LogP contribution in [0, 0.1) is 0 Å². The second kappa shape index (κ2) is 5.46. The predicted octanol–water partition coefficient (Wildman–Crippen LogP) is 2.48. The summed E-state index contributed by atoms with van der Waals surface area (Å²) in [4.78, 5) is 4.25. The molecule has 1 aromatic heterocycles. The van der Waals surface area contributed by atoms with Crippen molar-refractivity contribution in [1.82, 2.24) is 10.3 Å². The molecule has 0 spiro atoms. The molecule has 2 aromatic rings. The molecule has 0 saturated heterocycles. The fraction of sp³-hybridized carbons (Fsp3) is 0.214. The summed E-state index contributed by atoms with van der Waals surface area (Å²) < 4.78 is 5.22. The van der Waals surface area contributed by atoms with Gasteiger partial charge in [-0.2, -0.15) is 0 Å². The van der Waals surface area contributed by atoms with Gasteiger partial charge >= 0.3 is 0 Å². The molecule has 3 nitrogen and oxygen atoms in total. The van der Waals surface area contributed by atoms with Crippen molar-refractivity contribution in [2.24, 2.45) is 0 Å². The molecule has 0 aliphatic carbocycles. The largest absolute Gasteiger partial charge is 0.497 e. The van der Waals surface area contributed by atoms with Gasteiger partial charge in [0.25, 0.3) is 0 Å². The van der Waals surface area contributed by atoms with Crippen LogP contribution in [0.1, 0.15) is 5.56 Å². The molecule has 1 heterocycles. The number of ether oxygens (including phenoxy) is 1. The normalized spacial score (nSPS) is 10.2. The average Bonchev–Trinajstić information content (AvgIpc) is 2.40. The Morgan fingerprint density at radius 2 is 2.06 bits per heavy atom. The van der Waals surface area contributed by atoms with Crippen molar-refractivity contribution in [3.05, 3.63) is 48.3 Å². The monoisotopic (exact) mass is 228 g/mol. The van der Waals surface area contributed by atoms with Crippen LogP contribution in [0.2, 0.25) is 0 Å². The van der Waals surface area contributed by atoms with Crippen molar-refractivity contribution in [3.63, 3.8) is 0 Å². The van der Waals surface area contributed by atoms with E-state index in [1.807, 2.05) is 37.6 Å². The van der Waals surface area contributed by atoms with Crippen LogP contribution in [0.15, 0.2) is 42.7 Å². The van der Waals surface area contributed by atoms with E-state index in [0.29, 0.717) is 0 Å². The molecule has 3 heteroatoms. The fourth-order valence-electron chi connectivity index (χ4n) is 1.75. The molecule has 0 radical (unpaired) electrons. The van der Waals surface area contributed by atoms with Gasteiger partial charge in [-0.25, -0.2) is 0 Å². The van der Waals surface area contributed by atoms with Gasteiger partial charge in [-0.1, -0.05) is 12.1 Å². The Kier molecular flexibility index (Phi) is 3.73. The minimum atomic E-state index is 0.824. The summed E-state index contributed by atoms with van der Waals surface area (Å²) >= 11 is 0. The fourth-order valence-corrected chi connectivity index (χ4v) is 1.75. The second-order valence-electron chi connectivity index (χ2n) is 3.84. The van der Waals surface area contributed by atoms with Gasteiger partial charge in [-0.05, 0) is 36.4 Å². The van der Waals surface area contributed by atoms with Crippen LogP contribution in [-0.2, 0) is 6.54 Å². The highest BCUT2D eigenvalue weighted by Crippen LogP contribution is 2.23. The molecule has 0 fully saturated rings. The van der Waals surface area contributed by atoms with Gasteiger partial charge < -0.3 is 10.1 Å². The van der Waals surface area contributed by atoms with Crippen molar-refractivity contribution >= 4 is 0 Å². The Morgan fingerprint density at radius 3 is 2.82 bits per heavy atom. The van der Waals surface area contributed by atoms with Crippen LogP contribution in [0.5, 0.6) is 5.75 Å². The maximum atomic E-state index is 5.22. The number of nitrogens with zero attached hydrogens (tertiary/aromatic N) is 1. The van der Waals surface area contributed by atoms with Crippen molar-refractivity contribution in [1.29, 1.82) is 0 Å². The zero-order valence-electron chi connectivity index (χ0n) is 10.1. The van der Waals surface area contributed by atoms with E-state index in [1.165, 1.54) is 5.56 Å². The molecule has 17 heavy (non-hydrogen) atoms. The summed E-state index contributed by atoms with van der Waals surface area (Å²) in [5.41, 5.74) is 3.40. The minimum absolute atomic E-state index is 0.824. The topological polar surface area (TPSA) is 34.2 Å². The van der Waals surface area contributed by atoms with E-state index in [1.54, 1.807) is 7.11 Å². The summed E-state index contributed by atoms with van der Waals surface area (Å²) in [6.45, 7) is 0.824. The highest BCUT2D eigenvalue weighted by molar-refractivity contribution is 5.64. The van der Waals surface area contributed by atoms with Crippen LogP contribution >= 0.6 is 0 Å². The molecular formula is C14H16N2O. The quantitative estimate of drug-likeness (QED) is 0.873. The molecule has 88 valence electrons. The van der Waals surface area contributed by atoms with Crippen LogP contribution < -0.4 is 10.1 Å². The van der Waals surface area contributed by atoms with E-state index in [-0.39, 0.29) is 0 Å². The van der Waals surface area contributed by atoms with Crippen molar-refractivity contribution in [2.45, 2.75) is 6.54 Å². The number of nitrogens with one attached hydrogen (secondary N) is 1. The van der Waals surface area contributed by atoms with E-state index >= 15 is 0 Å². The number of pyridine rings is 1. The predicted molar refractivity (Wildman–Crippen MR) is 69.0 cm³/mol. The third-order valence-electron chi connectivity index (χ3n) is 2.58. The molecule has 2 rings (SSSR count). The van der Waals surface area contributed by atoms with E-state index in [4.69, 9.17) is 4.74 Å².